The summed E-state index contributed by atoms with van der Waals surface area (Å²) in [5.41, 5.74) is 1.27. The topological polar surface area (TPSA) is 9.23 Å². The van der Waals surface area contributed by atoms with E-state index < -0.39 is 0 Å². The largest absolute Gasteiger partial charge is 0.490 e. The van der Waals surface area contributed by atoms with Crippen LogP contribution in [-0.2, 0) is 0 Å². The molecule has 2 atom stereocenters. The Bertz CT molecular complexity index is 306. The fourth-order valence-electron chi connectivity index (χ4n) is 2.14. The molecule has 0 spiro atoms. The zero-order valence-corrected chi connectivity index (χ0v) is 8.99. The van der Waals surface area contributed by atoms with Crippen molar-refractivity contribution < 1.29 is 4.74 Å². The molecule has 0 aromatic heterocycles. The number of benzene rings is 1. The van der Waals surface area contributed by atoms with Gasteiger partial charge in [0.15, 0.2) is 0 Å². The Balaban J connectivity index is 1.97. The van der Waals surface area contributed by atoms with Crippen LogP contribution < -0.4 is 4.74 Å². The molecule has 2 rings (SSSR count). The minimum atomic E-state index is 0.451. The zero-order chi connectivity index (χ0) is 9.97. The highest BCUT2D eigenvalue weighted by Crippen LogP contribution is 2.28. The third-order valence-electron chi connectivity index (χ3n) is 2.94. The minimum Gasteiger partial charge on any atom is -0.490 e. The molecule has 0 aliphatic heterocycles. The summed E-state index contributed by atoms with van der Waals surface area (Å²) in [6, 6.07) is 8.33. The van der Waals surface area contributed by atoms with Crippen LogP contribution in [0.1, 0.15) is 31.7 Å². The molecule has 0 amide bonds. The van der Waals surface area contributed by atoms with Gasteiger partial charge >= 0.3 is 0 Å². The summed E-state index contributed by atoms with van der Waals surface area (Å²) in [7, 11) is 0. The lowest BCUT2D eigenvalue weighted by molar-refractivity contribution is 0.205. The van der Waals surface area contributed by atoms with E-state index in [9.17, 15) is 0 Å². The molecule has 14 heavy (non-hydrogen) atoms. The average Bonchev–Trinajstić information content (AvgIpc) is 2.51. The van der Waals surface area contributed by atoms with E-state index >= 15 is 0 Å². The molecule has 0 saturated heterocycles. The zero-order valence-electron chi connectivity index (χ0n) is 8.99. The molecule has 76 valence electrons. The molecule has 1 fully saturated rings. The number of hydrogen-bond donors (Lipinski definition) is 0. The fourth-order valence-corrected chi connectivity index (χ4v) is 2.14. The van der Waals surface area contributed by atoms with Gasteiger partial charge in [-0.25, -0.2) is 0 Å². The van der Waals surface area contributed by atoms with Crippen LogP contribution in [-0.4, -0.2) is 6.10 Å². The van der Waals surface area contributed by atoms with Crippen molar-refractivity contribution in [2.45, 2.75) is 39.2 Å². The molecule has 2 unspecified atom stereocenters. The quantitative estimate of drug-likeness (QED) is 0.692. The van der Waals surface area contributed by atoms with E-state index in [1.165, 1.54) is 24.8 Å². The van der Waals surface area contributed by atoms with Gasteiger partial charge in [-0.1, -0.05) is 19.1 Å². The second-order valence-electron chi connectivity index (χ2n) is 4.47. The summed E-state index contributed by atoms with van der Waals surface area (Å²) in [4.78, 5) is 0. The Labute approximate surface area is 86.1 Å². The van der Waals surface area contributed by atoms with E-state index in [-0.39, 0.29) is 0 Å². The molecular formula is C13H18O. The molecule has 1 saturated carbocycles. The van der Waals surface area contributed by atoms with Crippen LogP contribution in [0.3, 0.4) is 0 Å². The standard InChI is InChI=1S/C13H18O/c1-10-4-3-5-12(8-10)14-13-7-6-11(2)9-13/h3-5,8,11,13H,6-7,9H2,1-2H3. The molecule has 0 N–H and O–H groups in total. The van der Waals surface area contributed by atoms with E-state index in [1.807, 2.05) is 0 Å². The van der Waals surface area contributed by atoms with Gasteiger partial charge in [-0.15, -0.1) is 0 Å². The summed E-state index contributed by atoms with van der Waals surface area (Å²) in [6.07, 6.45) is 4.20. The van der Waals surface area contributed by atoms with Crippen molar-refractivity contribution in [1.82, 2.24) is 0 Å². The molecule has 0 radical (unpaired) electrons. The monoisotopic (exact) mass is 190 g/mol. The molecule has 1 aliphatic carbocycles. The highest BCUT2D eigenvalue weighted by molar-refractivity contribution is 5.27. The molecule has 0 bridgehead atoms. The summed E-state index contributed by atoms with van der Waals surface area (Å²) in [5.74, 6) is 1.87. The minimum absolute atomic E-state index is 0.451. The van der Waals surface area contributed by atoms with E-state index in [2.05, 4.69) is 38.1 Å². The van der Waals surface area contributed by atoms with Crippen LogP contribution in [0.25, 0.3) is 0 Å². The van der Waals surface area contributed by atoms with Crippen LogP contribution in [0.2, 0.25) is 0 Å². The predicted molar refractivity (Wildman–Crippen MR) is 58.6 cm³/mol. The second kappa shape index (κ2) is 4.04. The highest BCUT2D eigenvalue weighted by Gasteiger charge is 2.22. The third-order valence-corrected chi connectivity index (χ3v) is 2.94. The summed E-state index contributed by atoms with van der Waals surface area (Å²) in [5, 5.41) is 0. The molecule has 1 aliphatic rings. The molecule has 1 aromatic rings. The Kier molecular flexibility index (Phi) is 2.76. The number of aryl methyl sites for hydroxylation is 1. The molecule has 1 aromatic carbocycles. The molecule has 1 heteroatoms. The first kappa shape index (κ1) is 9.57. The molecule has 1 nitrogen and oxygen atoms in total. The van der Waals surface area contributed by atoms with Gasteiger partial charge < -0.3 is 4.74 Å². The lowest BCUT2D eigenvalue weighted by atomic mass is 10.1. The van der Waals surface area contributed by atoms with Crippen LogP contribution in [0.5, 0.6) is 5.75 Å². The number of ether oxygens (including phenoxy) is 1. The Morgan fingerprint density at radius 2 is 2.14 bits per heavy atom. The summed E-state index contributed by atoms with van der Waals surface area (Å²) in [6.45, 7) is 4.41. The first-order valence-corrected chi connectivity index (χ1v) is 5.47. The van der Waals surface area contributed by atoms with Gasteiger partial charge in [-0.3, -0.25) is 0 Å². The Hall–Kier alpha value is -0.980. The van der Waals surface area contributed by atoms with E-state index in [4.69, 9.17) is 4.74 Å². The van der Waals surface area contributed by atoms with Crippen LogP contribution in [0, 0.1) is 12.8 Å². The van der Waals surface area contributed by atoms with Crippen LogP contribution in [0.4, 0.5) is 0 Å². The number of rotatable bonds is 2. The third kappa shape index (κ3) is 2.28. The smallest absolute Gasteiger partial charge is 0.119 e. The Morgan fingerprint density at radius 3 is 2.79 bits per heavy atom. The van der Waals surface area contributed by atoms with Crippen molar-refractivity contribution in [3.05, 3.63) is 29.8 Å². The van der Waals surface area contributed by atoms with Crippen LogP contribution >= 0.6 is 0 Å². The van der Waals surface area contributed by atoms with E-state index in [1.54, 1.807) is 0 Å². The van der Waals surface area contributed by atoms with Gasteiger partial charge in [-0.05, 0) is 49.8 Å². The Morgan fingerprint density at radius 1 is 1.29 bits per heavy atom. The molecular weight excluding hydrogens is 172 g/mol. The van der Waals surface area contributed by atoms with Crippen molar-refractivity contribution in [3.8, 4) is 5.75 Å². The highest BCUT2D eigenvalue weighted by atomic mass is 16.5. The van der Waals surface area contributed by atoms with Crippen molar-refractivity contribution >= 4 is 0 Å². The van der Waals surface area contributed by atoms with E-state index in [0.29, 0.717) is 6.10 Å². The maximum absolute atomic E-state index is 5.93. The SMILES string of the molecule is Cc1cccc(OC2CCC(C)C2)c1. The van der Waals surface area contributed by atoms with Crippen molar-refractivity contribution in [1.29, 1.82) is 0 Å². The van der Waals surface area contributed by atoms with Crippen molar-refractivity contribution in [3.63, 3.8) is 0 Å². The van der Waals surface area contributed by atoms with Gasteiger partial charge in [0.1, 0.15) is 5.75 Å². The van der Waals surface area contributed by atoms with Gasteiger partial charge in [0.2, 0.25) is 0 Å². The maximum atomic E-state index is 5.93. The van der Waals surface area contributed by atoms with Gasteiger partial charge in [0.05, 0.1) is 6.10 Å². The van der Waals surface area contributed by atoms with Gasteiger partial charge in [-0.2, -0.15) is 0 Å². The normalized spacial score (nSPS) is 26.4. The fraction of sp³-hybridized carbons (Fsp3) is 0.538. The first-order chi connectivity index (χ1) is 6.74. The average molecular weight is 190 g/mol. The lowest BCUT2D eigenvalue weighted by Crippen LogP contribution is -2.11. The maximum Gasteiger partial charge on any atom is 0.119 e. The number of hydrogen-bond acceptors (Lipinski definition) is 1. The van der Waals surface area contributed by atoms with Crippen molar-refractivity contribution in [2.24, 2.45) is 5.92 Å². The van der Waals surface area contributed by atoms with Gasteiger partial charge in [0.25, 0.3) is 0 Å². The first-order valence-electron chi connectivity index (χ1n) is 5.47. The van der Waals surface area contributed by atoms with Crippen LogP contribution in [0.15, 0.2) is 24.3 Å². The van der Waals surface area contributed by atoms with E-state index in [0.717, 1.165) is 11.7 Å². The summed E-state index contributed by atoms with van der Waals surface area (Å²) < 4.78 is 5.93. The summed E-state index contributed by atoms with van der Waals surface area (Å²) >= 11 is 0. The van der Waals surface area contributed by atoms with Gasteiger partial charge in [0, 0.05) is 0 Å². The van der Waals surface area contributed by atoms with Crippen molar-refractivity contribution in [2.75, 3.05) is 0 Å². The lowest BCUT2D eigenvalue weighted by Gasteiger charge is -2.13. The molecule has 0 heterocycles. The second-order valence-corrected chi connectivity index (χ2v) is 4.47. The predicted octanol–water partition coefficient (Wildman–Crippen LogP) is 3.56.